The summed E-state index contributed by atoms with van der Waals surface area (Å²) < 4.78 is 0. The van der Waals surface area contributed by atoms with Crippen molar-refractivity contribution in [3.63, 3.8) is 0 Å². The van der Waals surface area contributed by atoms with Crippen LogP contribution < -0.4 is 0 Å². The molecule has 2 atom stereocenters. The van der Waals surface area contributed by atoms with Gasteiger partial charge < -0.3 is 4.79 Å². The predicted molar refractivity (Wildman–Crippen MR) is 76.2 cm³/mol. The molecule has 102 valence electrons. The Morgan fingerprint density at radius 3 is 2.00 bits per heavy atom. The fourth-order valence-electron chi connectivity index (χ4n) is 2.40. The van der Waals surface area contributed by atoms with Crippen LogP contribution in [0.1, 0.15) is 79.1 Å². The van der Waals surface area contributed by atoms with Crippen molar-refractivity contribution in [1.82, 2.24) is 0 Å². The van der Waals surface area contributed by atoms with Crippen molar-refractivity contribution in [1.29, 1.82) is 0 Å². The Labute approximate surface area is 108 Å². The summed E-state index contributed by atoms with van der Waals surface area (Å²) in [6, 6.07) is 0. The highest BCUT2D eigenvalue weighted by atomic mass is 16.1. The quantitative estimate of drug-likeness (QED) is 0.452. The lowest BCUT2D eigenvalue weighted by molar-refractivity contribution is -0.108. The number of carbonyl (C=O) groups is 1. The maximum atomic E-state index is 10.5. The third-order valence-corrected chi connectivity index (χ3v) is 3.79. The Hall–Kier alpha value is -0.330. The molecule has 0 amide bonds. The van der Waals surface area contributed by atoms with E-state index in [4.69, 9.17) is 0 Å². The summed E-state index contributed by atoms with van der Waals surface area (Å²) in [5.74, 6) is 2.34. The van der Waals surface area contributed by atoms with Crippen LogP contribution in [0.2, 0.25) is 0 Å². The molecule has 2 unspecified atom stereocenters. The minimum Gasteiger partial charge on any atom is -0.303 e. The highest BCUT2D eigenvalue weighted by molar-refractivity contribution is 5.49. The minimum absolute atomic E-state index is 0.635. The van der Waals surface area contributed by atoms with E-state index in [0.29, 0.717) is 5.92 Å². The second-order valence-corrected chi connectivity index (χ2v) is 6.04. The predicted octanol–water partition coefficient (Wildman–Crippen LogP) is 5.23. The van der Waals surface area contributed by atoms with E-state index in [-0.39, 0.29) is 0 Å². The Balaban J connectivity index is 3.48. The smallest absolute Gasteiger partial charge is 0.120 e. The topological polar surface area (TPSA) is 17.1 Å². The molecule has 1 nitrogen and oxygen atoms in total. The highest BCUT2D eigenvalue weighted by Gasteiger charge is 2.07. The van der Waals surface area contributed by atoms with Gasteiger partial charge in [0, 0.05) is 6.42 Å². The van der Waals surface area contributed by atoms with Crippen LogP contribution in [-0.4, -0.2) is 6.29 Å². The lowest BCUT2D eigenvalue weighted by atomic mass is 9.91. The van der Waals surface area contributed by atoms with Crippen LogP contribution in [0.3, 0.4) is 0 Å². The number of carbonyl (C=O) groups excluding carboxylic acids is 1. The maximum Gasteiger partial charge on any atom is 0.120 e. The minimum atomic E-state index is 0.635. The molecule has 0 aromatic heterocycles. The summed E-state index contributed by atoms with van der Waals surface area (Å²) in [6.45, 7) is 9.17. The molecule has 0 aliphatic heterocycles. The lowest BCUT2D eigenvalue weighted by Gasteiger charge is -2.15. The molecule has 0 radical (unpaired) electrons. The van der Waals surface area contributed by atoms with E-state index < -0.39 is 0 Å². The van der Waals surface area contributed by atoms with Gasteiger partial charge in [0.2, 0.25) is 0 Å². The van der Waals surface area contributed by atoms with Crippen LogP contribution in [0, 0.1) is 17.8 Å². The van der Waals surface area contributed by atoms with E-state index in [0.717, 1.165) is 31.0 Å². The van der Waals surface area contributed by atoms with Crippen LogP contribution in [-0.2, 0) is 4.79 Å². The standard InChI is InChI=1S/C16H32O/c1-5-16(12-13-17)11-7-10-15(4)9-6-8-14(2)3/h13-16H,5-12H2,1-4H3. The van der Waals surface area contributed by atoms with E-state index in [2.05, 4.69) is 27.7 Å². The number of hydrogen-bond donors (Lipinski definition) is 0. The van der Waals surface area contributed by atoms with Gasteiger partial charge in [-0.2, -0.15) is 0 Å². The van der Waals surface area contributed by atoms with Gasteiger partial charge in [-0.25, -0.2) is 0 Å². The van der Waals surface area contributed by atoms with Crippen molar-refractivity contribution in [2.45, 2.75) is 79.1 Å². The molecular formula is C16H32O. The molecule has 0 rings (SSSR count). The van der Waals surface area contributed by atoms with Crippen molar-refractivity contribution in [2.24, 2.45) is 17.8 Å². The Bertz CT molecular complexity index is 174. The average molecular weight is 240 g/mol. The first kappa shape index (κ1) is 16.7. The fourth-order valence-corrected chi connectivity index (χ4v) is 2.40. The zero-order chi connectivity index (χ0) is 13.1. The first-order chi connectivity index (χ1) is 8.10. The molecule has 0 bridgehead atoms. The number of aldehydes is 1. The van der Waals surface area contributed by atoms with Crippen molar-refractivity contribution in [3.8, 4) is 0 Å². The zero-order valence-electron chi connectivity index (χ0n) is 12.4. The van der Waals surface area contributed by atoms with Gasteiger partial charge in [-0.1, -0.05) is 72.6 Å². The van der Waals surface area contributed by atoms with Crippen LogP contribution >= 0.6 is 0 Å². The van der Waals surface area contributed by atoms with E-state index in [1.165, 1.54) is 38.5 Å². The van der Waals surface area contributed by atoms with Crippen molar-refractivity contribution < 1.29 is 4.79 Å². The molecule has 17 heavy (non-hydrogen) atoms. The van der Waals surface area contributed by atoms with Crippen LogP contribution in [0.4, 0.5) is 0 Å². The zero-order valence-corrected chi connectivity index (χ0v) is 12.4. The Kier molecular flexibility index (Phi) is 10.6. The summed E-state index contributed by atoms with van der Waals surface area (Å²) in [5, 5.41) is 0. The third-order valence-electron chi connectivity index (χ3n) is 3.79. The van der Waals surface area contributed by atoms with Gasteiger partial charge in [0.15, 0.2) is 0 Å². The molecule has 0 aromatic rings. The molecule has 1 heteroatoms. The van der Waals surface area contributed by atoms with Gasteiger partial charge in [-0.3, -0.25) is 0 Å². The molecular weight excluding hydrogens is 208 g/mol. The molecule has 0 fully saturated rings. The first-order valence-electron chi connectivity index (χ1n) is 7.53. The van der Waals surface area contributed by atoms with E-state index in [1.54, 1.807) is 0 Å². The SMILES string of the molecule is CCC(CC=O)CCCC(C)CCCC(C)C. The fraction of sp³-hybridized carbons (Fsp3) is 0.938. The number of rotatable bonds is 11. The Morgan fingerprint density at radius 1 is 0.941 bits per heavy atom. The van der Waals surface area contributed by atoms with Gasteiger partial charge in [-0.15, -0.1) is 0 Å². The van der Waals surface area contributed by atoms with Crippen molar-refractivity contribution in [3.05, 3.63) is 0 Å². The monoisotopic (exact) mass is 240 g/mol. The third kappa shape index (κ3) is 10.5. The van der Waals surface area contributed by atoms with E-state index >= 15 is 0 Å². The second kappa shape index (κ2) is 10.8. The summed E-state index contributed by atoms with van der Waals surface area (Å²) in [7, 11) is 0. The first-order valence-corrected chi connectivity index (χ1v) is 7.53. The summed E-state index contributed by atoms with van der Waals surface area (Å²) in [5.41, 5.74) is 0. The lowest BCUT2D eigenvalue weighted by Crippen LogP contribution is -2.02. The molecule has 0 spiro atoms. The maximum absolute atomic E-state index is 10.5. The normalized spacial score (nSPS) is 14.9. The largest absolute Gasteiger partial charge is 0.303 e. The Morgan fingerprint density at radius 2 is 1.53 bits per heavy atom. The van der Waals surface area contributed by atoms with Gasteiger partial charge in [-0.05, 0) is 17.8 Å². The van der Waals surface area contributed by atoms with Gasteiger partial charge >= 0.3 is 0 Å². The summed E-state index contributed by atoms with van der Waals surface area (Å²) in [6.07, 6.45) is 11.0. The van der Waals surface area contributed by atoms with E-state index in [9.17, 15) is 4.79 Å². The summed E-state index contributed by atoms with van der Waals surface area (Å²) in [4.78, 5) is 10.5. The van der Waals surface area contributed by atoms with Gasteiger partial charge in [0.25, 0.3) is 0 Å². The summed E-state index contributed by atoms with van der Waals surface area (Å²) >= 11 is 0. The average Bonchev–Trinajstić information content (AvgIpc) is 2.27. The van der Waals surface area contributed by atoms with E-state index in [1.807, 2.05) is 0 Å². The second-order valence-electron chi connectivity index (χ2n) is 6.04. The van der Waals surface area contributed by atoms with Gasteiger partial charge in [0.05, 0.1) is 0 Å². The number of hydrogen-bond acceptors (Lipinski definition) is 1. The molecule has 0 aromatic carbocycles. The highest BCUT2D eigenvalue weighted by Crippen LogP contribution is 2.21. The van der Waals surface area contributed by atoms with Crippen molar-refractivity contribution in [2.75, 3.05) is 0 Å². The molecule has 0 aliphatic carbocycles. The molecule has 0 N–H and O–H groups in total. The molecule has 0 aliphatic rings. The molecule has 0 saturated heterocycles. The van der Waals surface area contributed by atoms with Crippen LogP contribution in [0.15, 0.2) is 0 Å². The van der Waals surface area contributed by atoms with Crippen LogP contribution in [0.5, 0.6) is 0 Å². The molecule has 0 saturated carbocycles. The molecule has 0 heterocycles. The van der Waals surface area contributed by atoms with Crippen LogP contribution in [0.25, 0.3) is 0 Å². The van der Waals surface area contributed by atoms with Gasteiger partial charge in [0.1, 0.15) is 6.29 Å². The van der Waals surface area contributed by atoms with Crippen molar-refractivity contribution >= 4 is 6.29 Å².